The zero-order chi connectivity index (χ0) is 35.3. The molecule has 0 spiro atoms. The third kappa shape index (κ3) is 8.19. The quantitative estimate of drug-likeness (QED) is 0.163. The Morgan fingerprint density at radius 3 is 2.26 bits per heavy atom. The summed E-state index contributed by atoms with van der Waals surface area (Å²) in [6.07, 6.45) is 6.72. The predicted molar refractivity (Wildman–Crippen MR) is 184 cm³/mol. The number of benzene rings is 3. The number of fused-ring (bicyclic) bond motifs is 1. The Hall–Kier alpha value is -4.69. The molecule has 3 aromatic carbocycles. The molecule has 2 amide bonds. The van der Waals surface area contributed by atoms with Gasteiger partial charge in [-0.2, -0.15) is 0 Å². The number of rotatable bonds is 11. The average molecular weight is 718 g/mol. The standard InChI is InChI=1S/C36H36ClN5O7S/c1-50(46,47)41-30-13-7-8-14-31(30)42-33(23-15-17-25(37)18-16-23)32(28-11-5-6-12-29(28)35(42)44)34(43)40-49-22-27-20-38-26(19-39-27)21-48-36(45)24-9-3-2-4-10-24/h2-6,9-12,15-20,30-33,41H,7-8,13-14,21-22H2,1H3,(H,40,43)/t30-,31-,32+,33-/m0/s1. The van der Waals surface area contributed by atoms with Crippen molar-refractivity contribution in [3.63, 3.8) is 0 Å². The van der Waals surface area contributed by atoms with Crippen LogP contribution in [0.15, 0.2) is 91.3 Å². The summed E-state index contributed by atoms with van der Waals surface area (Å²) in [4.78, 5) is 56.7. The van der Waals surface area contributed by atoms with E-state index in [-0.39, 0.29) is 19.1 Å². The van der Waals surface area contributed by atoms with Gasteiger partial charge in [0.1, 0.15) is 13.2 Å². The van der Waals surface area contributed by atoms with Crippen LogP contribution in [0, 0.1) is 0 Å². The van der Waals surface area contributed by atoms with Crippen LogP contribution in [0.2, 0.25) is 5.02 Å². The number of ether oxygens (including phenoxy) is 1. The fraction of sp³-hybridized carbons (Fsp3) is 0.306. The van der Waals surface area contributed by atoms with Crippen molar-refractivity contribution in [1.82, 2.24) is 25.1 Å². The number of carbonyl (C=O) groups is 3. The highest BCUT2D eigenvalue weighted by molar-refractivity contribution is 7.88. The number of amides is 2. The molecular weight excluding hydrogens is 682 g/mol. The molecule has 50 heavy (non-hydrogen) atoms. The fourth-order valence-electron chi connectivity index (χ4n) is 6.64. The molecule has 1 saturated carbocycles. The molecule has 0 radical (unpaired) electrons. The Morgan fingerprint density at radius 1 is 0.900 bits per heavy atom. The summed E-state index contributed by atoms with van der Waals surface area (Å²) in [6, 6.07) is 20.6. The smallest absolute Gasteiger partial charge is 0.338 e. The zero-order valence-corrected chi connectivity index (χ0v) is 28.8. The van der Waals surface area contributed by atoms with Crippen molar-refractivity contribution in [2.24, 2.45) is 0 Å². The molecule has 4 aromatic rings. The van der Waals surface area contributed by atoms with Crippen molar-refractivity contribution >= 4 is 39.4 Å². The van der Waals surface area contributed by atoms with Gasteiger partial charge in [-0.3, -0.25) is 24.4 Å². The van der Waals surface area contributed by atoms with E-state index in [1.54, 1.807) is 83.8 Å². The maximum atomic E-state index is 14.3. The van der Waals surface area contributed by atoms with Crippen LogP contribution in [0.25, 0.3) is 0 Å². The van der Waals surface area contributed by atoms with Gasteiger partial charge in [0.05, 0.1) is 47.6 Å². The Labute approximate surface area is 295 Å². The molecular formula is C36H36ClN5O7S. The van der Waals surface area contributed by atoms with Crippen LogP contribution in [0.1, 0.15) is 80.9 Å². The van der Waals surface area contributed by atoms with Crippen LogP contribution >= 0.6 is 11.6 Å². The third-order valence-corrected chi connectivity index (χ3v) is 9.82. The van der Waals surface area contributed by atoms with Gasteiger partial charge in [-0.05, 0) is 54.3 Å². The number of esters is 1. The van der Waals surface area contributed by atoms with Gasteiger partial charge in [-0.25, -0.2) is 23.4 Å². The predicted octanol–water partition coefficient (Wildman–Crippen LogP) is 4.88. The second-order valence-electron chi connectivity index (χ2n) is 12.3. The Kier molecular flexibility index (Phi) is 10.9. The van der Waals surface area contributed by atoms with Gasteiger partial charge in [-0.15, -0.1) is 0 Å². The van der Waals surface area contributed by atoms with Gasteiger partial charge in [-0.1, -0.05) is 73.0 Å². The van der Waals surface area contributed by atoms with Crippen molar-refractivity contribution in [3.05, 3.63) is 130 Å². The highest BCUT2D eigenvalue weighted by Gasteiger charge is 2.49. The van der Waals surface area contributed by atoms with Crippen molar-refractivity contribution in [2.75, 3.05) is 6.26 Å². The number of sulfonamides is 1. The van der Waals surface area contributed by atoms with E-state index >= 15 is 0 Å². The topological polar surface area (TPSA) is 157 Å². The first-order chi connectivity index (χ1) is 24.1. The van der Waals surface area contributed by atoms with Crippen molar-refractivity contribution in [2.45, 2.75) is 62.9 Å². The van der Waals surface area contributed by atoms with Gasteiger partial charge >= 0.3 is 5.97 Å². The number of hydrogen-bond donors (Lipinski definition) is 2. The van der Waals surface area contributed by atoms with Crippen LogP contribution in [-0.2, 0) is 37.6 Å². The van der Waals surface area contributed by atoms with E-state index < -0.39 is 45.9 Å². The summed E-state index contributed by atoms with van der Waals surface area (Å²) in [7, 11) is -3.59. The normalized spacial score (nSPS) is 20.5. The van der Waals surface area contributed by atoms with E-state index in [1.165, 1.54) is 12.4 Å². The van der Waals surface area contributed by atoms with Crippen molar-refractivity contribution in [1.29, 1.82) is 0 Å². The molecule has 0 bridgehead atoms. The first-order valence-corrected chi connectivity index (χ1v) is 18.4. The minimum atomic E-state index is -3.59. The molecule has 0 saturated heterocycles. The summed E-state index contributed by atoms with van der Waals surface area (Å²) in [5.74, 6) is -2.19. The van der Waals surface area contributed by atoms with Gasteiger partial charge in [0, 0.05) is 22.7 Å². The number of nitrogens with one attached hydrogen (secondary N) is 2. The second kappa shape index (κ2) is 15.5. The molecule has 1 fully saturated rings. The van der Waals surface area contributed by atoms with Gasteiger partial charge in [0.2, 0.25) is 10.0 Å². The SMILES string of the molecule is CS(=O)(=O)N[C@H]1CCCC[C@@H]1N1C(=O)c2ccccc2[C@@H](C(=O)NOCc2cnc(COC(=O)c3ccccc3)cn2)[C@@H]1c1ccc(Cl)cc1. The summed E-state index contributed by atoms with van der Waals surface area (Å²) in [6.45, 7) is -0.184. The maximum absolute atomic E-state index is 14.3. The number of nitrogens with zero attached hydrogens (tertiary/aromatic N) is 3. The minimum absolute atomic E-state index is 0.0669. The molecule has 2 N–H and O–H groups in total. The lowest BCUT2D eigenvalue weighted by Crippen LogP contribution is -2.59. The first-order valence-electron chi connectivity index (χ1n) is 16.2. The van der Waals surface area contributed by atoms with E-state index in [0.717, 1.165) is 19.1 Å². The summed E-state index contributed by atoms with van der Waals surface area (Å²) in [5, 5.41) is 0.489. The molecule has 12 nitrogen and oxygen atoms in total. The van der Waals surface area contributed by atoms with E-state index in [0.29, 0.717) is 51.5 Å². The van der Waals surface area contributed by atoms with Crippen LogP contribution in [-0.4, -0.2) is 59.4 Å². The second-order valence-corrected chi connectivity index (χ2v) is 14.5. The monoisotopic (exact) mass is 717 g/mol. The third-order valence-electron chi connectivity index (χ3n) is 8.83. The van der Waals surface area contributed by atoms with Crippen molar-refractivity contribution < 1.29 is 32.4 Å². The Morgan fingerprint density at radius 2 is 1.56 bits per heavy atom. The molecule has 0 unspecified atom stereocenters. The van der Waals surface area contributed by atoms with Gasteiger partial charge < -0.3 is 9.64 Å². The number of aromatic nitrogens is 2. The van der Waals surface area contributed by atoms with E-state index in [1.807, 2.05) is 0 Å². The van der Waals surface area contributed by atoms with Crippen LogP contribution < -0.4 is 10.2 Å². The molecule has 1 aliphatic carbocycles. The first kappa shape index (κ1) is 35.1. The molecule has 1 aliphatic heterocycles. The van der Waals surface area contributed by atoms with Crippen LogP contribution in [0.4, 0.5) is 0 Å². The Balaban J connectivity index is 1.22. The van der Waals surface area contributed by atoms with E-state index in [4.69, 9.17) is 21.2 Å². The highest BCUT2D eigenvalue weighted by atomic mass is 35.5. The molecule has 2 aliphatic rings. The number of hydroxylamine groups is 1. The lowest BCUT2D eigenvalue weighted by atomic mass is 9.76. The average Bonchev–Trinajstić information content (AvgIpc) is 3.11. The lowest BCUT2D eigenvalue weighted by molar-refractivity contribution is -0.138. The molecule has 260 valence electrons. The summed E-state index contributed by atoms with van der Waals surface area (Å²) in [5.41, 5.74) is 5.38. The summed E-state index contributed by atoms with van der Waals surface area (Å²) < 4.78 is 32.8. The Bertz CT molecular complexity index is 1950. The van der Waals surface area contributed by atoms with Gasteiger partial charge in [0.15, 0.2) is 0 Å². The largest absolute Gasteiger partial charge is 0.456 e. The molecule has 6 rings (SSSR count). The van der Waals surface area contributed by atoms with Crippen LogP contribution in [0.3, 0.4) is 0 Å². The fourth-order valence-corrected chi connectivity index (χ4v) is 7.59. The number of carbonyl (C=O) groups excluding carboxylic acids is 3. The number of hydrogen-bond acceptors (Lipinski definition) is 9. The van der Waals surface area contributed by atoms with Crippen LogP contribution in [0.5, 0.6) is 0 Å². The highest BCUT2D eigenvalue weighted by Crippen LogP contribution is 2.46. The minimum Gasteiger partial charge on any atom is -0.456 e. The molecule has 4 atom stereocenters. The maximum Gasteiger partial charge on any atom is 0.338 e. The molecule has 14 heteroatoms. The zero-order valence-electron chi connectivity index (χ0n) is 27.2. The molecule has 2 heterocycles. The van der Waals surface area contributed by atoms with Crippen molar-refractivity contribution in [3.8, 4) is 0 Å². The summed E-state index contributed by atoms with van der Waals surface area (Å²) >= 11 is 6.24. The molecule has 1 aromatic heterocycles. The van der Waals surface area contributed by atoms with E-state index in [9.17, 15) is 22.8 Å². The van der Waals surface area contributed by atoms with E-state index in [2.05, 4.69) is 20.2 Å². The number of halogens is 1. The lowest BCUT2D eigenvalue weighted by Gasteiger charge is -2.49. The van der Waals surface area contributed by atoms with Gasteiger partial charge in [0.25, 0.3) is 11.8 Å².